The molecule has 0 aliphatic rings. The molecule has 0 aromatic rings. The molecule has 0 bridgehead atoms. The third-order valence-electron chi connectivity index (χ3n) is 4.51. The van der Waals surface area contributed by atoms with E-state index in [4.69, 9.17) is 16.6 Å². The summed E-state index contributed by atoms with van der Waals surface area (Å²) in [6.45, 7) is 0. The summed E-state index contributed by atoms with van der Waals surface area (Å²) in [7, 11) is 0. The quantitative estimate of drug-likeness (QED) is 0.105. The lowest BCUT2D eigenvalue weighted by atomic mass is 10.1. The van der Waals surface area contributed by atoms with Gasteiger partial charge in [-0.05, 0) is 43.3 Å². The molecular weight excluding hydrogens is 490 g/mol. The van der Waals surface area contributed by atoms with Gasteiger partial charge in [0.25, 0.3) is 0 Å². The van der Waals surface area contributed by atoms with Gasteiger partial charge in [0.1, 0.15) is 18.1 Å². The summed E-state index contributed by atoms with van der Waals surface area (Å²) in [6, 6.07) is -4.99. The van der Waals surface area contributed by atoms with Gasteiger partial charge in [0, 0.05) is 6.42 Å². The Balaban J connectivity index is 5.44. The minimum atomic E-state index is -1.56. The van der Waals surface area contributed by atoms with Crippen molar-refractivity contribution in [3.05, 3.63) is 0 Å². The van der Waals surface area contributed by atoms with Crippen LogP contribution in [0.4, 0.5) is 0 Å². The number of aliphatic carboxylic acids is 2. The number of carboxylic acid groups (broad SMARTS) is 2. The van der Waals surface area contributed by atoms with E-state index in [-0.39, 0.29) is 6.42 Å². The topological polar surface area (TPSA) is 231 Å². The largest absolute Gasteiger partial charge is 0.481 e. The second-order valence-electron chi connectivity index (χ2n) is 7.29. The average Bonchev–Trinajstić information content (AvgIpc) is 2.75. The lowest BCUT2D eigenvalue weighted by Gasteiger charge is -2.24. The van der Waals surface area contributed by atoms with Crippen molar-refractivity contribution in [2.75, 3.05) is 24.0 Å². The van der Waals surface area contributed by atoms with Crippen molar-refractivity contribution in [2.45, 2.75) is 56.3 Å². The van der Waals surface area contributed by atoms with Gasteiger partial charge in [0.05, 0.1) is 12.5 Å². The molecule has 34 heavy (non-hydrogen) atoms. The third-order valence-corrected chi connectivity index (χ3v) is 5.80. The van der Waals surface area contributed by atoms with Crippen molar-refractivity contribution in [1.29, 1.82) is 0 Å². The fraction of sp³-hybridized carbons (Fsp3) is 0.684. The molecule has 4 amide bonds. The zero-order valence-electron chi connectivity index (χ0n) is 19.1. The highest BCUT2D eigenvalue weighted by Crippen LogP contribution is 2.06. The summed E-state index contributed by atoms with van der Waals surface area (Å²) < 4.78 is 0. The predicted molar refractivity (Wildman–Crippen MR) is 128 cm³/mol. The van der Waals surface area contributed by atoms with E-state index < -0.39 is 79.0 Å². The van der Waals surface area contributed by atoms with Crippen molar-refractivity contribution in [3.63, 3.8) is 0 Å². The van der Waals surface area contributed by atoms with Gasteiger partial charge in [-0.3, -0.25) is 24.0 Å². The molecule has 0 saturated carbocycles. The summed E-state index contributed by atoms with van der Waals surface area (Å²) in [5, 5.41) is 25.0. The van der Waals surface area contributed by atoms with E-state index in [0.29, 0.717) is 17.9 Å². The van der Waals surface area contributed by atoms with Crippen LogP contribution in [0.25, 0.3) is 0 Å². The zero-order valence-corrected chi connectivity index (χ0v) is 20.7. The second kappa shape index (κ2) is 17.0. The Morgan fingerprint density at radius 2 is 1.26 bits per heavy atom. The summed E-state index contributed by atoms with van der Waals surface area (Å²) in [5.41, 5.74) is 11.0. The normalized spacial score (nSPS) is 14.2. The monoisotopic (exact) mass is 523 g/mol. The van der Waals surface area contributed by atoms with Crippen LogP contribution in [0.3, 0.4) is 0 Å². The first kappa shape index (κ1) is 31.5. The number of nitrogens with two attached hydrogens (primary N) is 2. The van der Waals surface area contributed by atoms with E-state index in [1.54, 1.807) is 6.26 Å². The first-order valence-corrected chi connectivity index (χ1v) is 13.1. The number of primary amides is 1. The van der Waals surface area contributed by atoms with Crippen LogP contribution in [0.1, 0.15) is 32.1 Å². The standard InChI is InChI=1S/C19H33N5O8S2/c1-33-7-5-10(20)16(28)22-11(6-8-34-2)17(29)24-13(9-14(21)25)18(30)23-12(19(31)32)3-4-15(26)27/h10-13H,3-9,20H2,1-2H3,(H2,21,25)(H,22,28)(H,23,30)(H,24,29)(H,26,27)(H,31,32). The molecular formula is C19H33N5O8S2. The van der Waals surface area contributed by atoms with Crippen molar-refractivity contribution >= 4 is 59.1 Å². The molecule has 4 unspecified atom stereocenters. The molecule has 194 valence electrons. The van der Waals surface area contributed by atoms with E-state index in [1.165, 1.54) is 23.5 Å². The number of carboxylic acids is 2. The molecule has 0 aliphatic heterocycles. The van der Waals surface area contributed by atoms with Gasteiger partial charge >= 0.3 is 11.9 Å². The average molecular weight is 524 g/mol. The van der Waals surface area contributed by atoms with Crippen LogP contribution in [-0.4, -0.2) is 94.0 Å². The van der Waals surface area contributed by atoms with Crippen molar-refractivity contribution in [1.82, 2.24) is 16.0 Å². The van der Waals surface area contributed by atoms with Gasteiger partial charge in [-0.2, -0.15) is 23.5 Å². The van der Waals surface area contributed by atoms with E-state index in [1.807, 2.05) is 6.26 Å². The van der Waals surface area contributed by atoms with Crippen LogP contribution in [0.15, 0.2) is 0 Å². The van der Waals surface area contributed by atoms with Crippen LogP contribution in [0.5, 0.6) is 0 Å². The Bertz CT molecular complexity index is 739. The number of carbonyl (C=O) groups is 6. The van der Waals surface area contributed by atoms with Crippen LogP contribution in [-0.2, 0) is 28.8 Å². The van der Waals surface area contributed by atoms with Crippen LogP contribution in [0.2, 0.25) is 0 Å². The molecule has 0 spiro atoms. The van der Waals surface area contributed by atoms with Crippen LogP contribution in [0, 0.1) is 0 Å². The zero-order chi connectivity index (χ0) is 26.3. The molecule has 4 atom stereocenters. The van der Waals surface area contributed by atoms with Gasteiger partial charge in [-0.15, -0.1) is 0 Å². The molecule has 0 fully saturated rings. The summed E-state index contributed by atoms with van der Waals surface area (Å²) in [6.07, 6.45) is 2.68. The maximum absolute atomic E-state index is 12.8. The minimum absolute atomic E-state index is 0.204. The summed E-state index contributed by atoms with van der Waals surface area (Å²) in [4.78, 5) is 71.3. The molecule has 15 heteroatoms. The smallest absolute Gasteiger partial charge is 0.326 e. The second-order valence-corrected chi connectivity index (χ2v) is 9.27. The highest BCUT2D eigenvalue weighted by atomic mass is 32.2. The number of rotatable bonds is 18. The molecule has 9 N–H and O–H groups in total. The van der Waals surface area contributed by atoms with Crippen molar-refractivity contribution < 1.29 is 39.0 Å². The third kappa shape index (κ3) is 13.3. The maximum Gasteiger partial charge on any atom is 0.326 e. The molecule has 0 heterocycles. The SMILES string of the molecule is CSCCC(N)C(=O)NC(CCSC)C(=O)NC(CC(N)=O)C(=O)NC(CCC(=O)O)C(=O)O. The number of nitrogens with one attached hydrogen (secondary N) is 3. The van der Waals surface area contributed by atoms with E-state index in [2.05, 4.69) is 16.0 Å². The van der Waals surface area contributed by atoms with Crippen LogP contribution >= 0.6 is 23.5 Å². The van der Waals surface area contributed by atoms with E-state index in [9.17, 15) is 33.9 Å². The van der Waals surface area contributed by atoms with Gasteiger partial charge in [-0.25, -0.2) is 4.79 Å². The van der Waals surface area contributed by atoms with Crippen molar-refractivity contribution in [2.24, 2.45) is 11.5 Å². The number of carbonyl (C=O) groups excluding carboxylic acids is 4. The highest BCUT2D eigenvalue weighted by Gasteiger charge is 2.31. The molecule has 0 saturated heterocycles. The van der Waals surface area contributed by atoms with Gasteiger partial charge in [0.2, 0.25) is 23.6 Å². The highest BCUT2D eigenvalue weighted by molar-refractivity contribution is 7.98. The fourth-order valence-corrected chi connectivity index (χ4v) is 3.60. The Kier molecular flexibility index (Phi) is 15.7. The molecule has 0 aromatic carbocycles. The summed E-state index contributed by atoms with van der Waals surface area (Å²) >= 11 is 2.93. The number of amides is 4. The van der Waals surface area contributed by atoms with E-state index in [0.717, 1.165) is 0 Å². The fourth-order valence-electron chi connectivity index (χ4n) is 2.64. The predicted octanol–water partition coefficient (Wildman–Crippen LogP) is -1.90. The molecule has 0 aromatic heterocycles. The molecule has 13 nitrogen and oxygen atoms in total. The Labute approximate surface area is 205 Å². The molecule has 0 radical (unpaired) electrons. The number of hydrogen-bond acceptors (Lipinski definition) is 9. The van der Waals surface area contributed by atoms with Gasteiger partial charge < -0.3 is 37.6 Å². The Hall–Kier alpha value is -2.52. The first-order chi connectivity index (χ1) is 15.9. The summed E-state index contributed by atoms with van der Waals surface area (Å²) in [5.74, 6) is -4.92. The first-order valence-electron chi connectivity index (χ1n) is 10.3. The van der Waals surface area contributed by atoms with Crippen LogP contribution < -0.4 is 27.4 Å². The number of thioether (sulfide) groups is 2. The maximum atomic E-state index is 12.8. The van der Waals surface area contributed by atoms with Gasteiger partial charge in [0.15, 0.2) is 0 Å². The minimum Gasteiger partial charge on any atom is -0.481 e. The Morgan fingerprint density at radius 1 is 0.765 bits per heavy atom. The van der Waals surface area contributed by atoms with E-state index >= 15 is 0 Å². The lowest BCUT2D eigenvalue weighted by molar-refractivity contribution is -0.143. The Morgan fingerprint density at radius 3 is 1.76 bits per heavy atom. The molecule has 0 rings (SSSR count). The lowest BCUT2D eigenvalue weighted by Crippen LogP contribution is -2.57. The molecule has 0 aliphatic carbocycles. The number of hydrogen-bond donors (Lipinski definition) is 7. The van der Waals surface area contributed by atoms with Crippen molar-refractivity contribution in [3.8, 4) is 0 Å². The van der Waals surface area contributed by atoms with Gasteiger partial charge in [-0.1, -0.05) is 0 Å².